The highest BCUT2D eigenvalue weighted by Gasteiger charge is 2.24. The molecule has 0 saturated carbocycles. The summed E-state index contributed by atoms with van der Waals surface area (Å²) < 4.78 is 5.42. The molecular weight excluding hydrogens is 373 g/mol. The highest BCUT2D eigenvalue weighted by Crippen LogP contribution is 2.25. The van der Waals surface area contributed by atoms with Crippen LogP contribution in [-0.4, -0.2) is 56.2 Å². The quantitative estimate of drug-likeness (QED) is 0.765. The van der Waals surface area contributed by atoms with Crippen LogP contribution < -0.4 is 10.6 Å². The van der Waals surface area contributed by atoms with E-state index in [0.717, 1.165) is 26.2 Å². The summed E-state index contributed by atoms with van der Waals surface area (Å²) in [4.78, 5) is 14.8. The molecule has 2 N–H and O–H groups in total. The molecule has 5 nitrogen and oxygen atoms in total. The van der Waals surface area contributed by atoms with Crippen LogP contribution in [0.3, 0.4) is 0 Å². The van der Waals surface area contributed by atoms with Gasteiger partial charge in [-0.25, -0.2) is 0 Å². The summed E-state index contributed by atoms with van der Waals surface area (Å²) in [5.41, 5.74) is 2.56. The summed E-state index contributed by atoms with van der Waals surface area (Å²) in [6.07, 6.45) is 2.99. The number of rotatable bonds is 6. The van der Waals surface area contributed by atoms with Crippen molar-refractivity contribution in [3.8, 4) is 0 Å². The molecular formula is C19H31Cl2N3O2. The van der Waals surface area contributed by atoms with Crippen molar-refractivity contribution in [2.24, 2.45) is 0 Å². The third-order valence-corrected chi connectivity index (χ3v) is 4.97. The molecule has 1 aromatic rings. The van der Waals surface area contributed by atoms with Gasteiger partial charge in [-0.2, -0.15) is 0 Å². The molecule has 26 heavy (non-hydrogen) atoms. The lowest BCUT2D eigenvalue weighted by atomic mass is 10.0. The fraction of sp³-hybridized carbons (Fsp3) is 0.632. The van der Waals surface area contributed by atoms with Gasteiger partial charge >= 0.3 is 0 Å². The summed E-state index contributed by atoms with van der Waals surface area (Å²) in [5.74, 6) is 0.106. The number of aryl methyl sites for hydroxylation is 1. The Balaban J connectivity index is 0.00000169. The van der Waals surface area contributed by atoms with Gasteiger partial charge in [0.05, 0.1) is 19.3 Å². The molecule has 0 aromatic heterocycles. The van der Waals surface area contributed by atoms with Crippen molar-refractivity contribution in [1.82, 2.24) is 15.5 Å². The lowest BCUT2D eigenvalue weighted by molar-refractivity contribution is -0.122. The van der Waals surface area contributed by atoms with Crippen LogP contribution in [0.1, 0.15) is 36.4 Å². The predicted molar refractivity (Wildman–Crippen MR) is 109 cm³/mol. The first-order chi connectivity index (χ1) is 11.7. The Morgan fingerprint density at radius 2 is 1.96 bits per heavy atom. The van der Waals surface area contributed by atoms with Crippen molar-refractivity contribution in [2.45, 2.75) is 38.3 Å². The van der Waals surface area contributed by atoms with E-state index in [1.807, 2.05) is 0 Å². The molecule has 0 bridgehead atoms. The van der Waals surface area contributed by atoms with Crippen LogP contribution in [0.15, 0.2) is 24.3 Å². The van der Waals surface area contributed by atoms with Gasteiger partial charge in [0.1, 0.15) is 0 Å². The first kappa shape index (κ1) is 23.2. The Morgan fingerprint density at radius 3 is 2.58 bits per heavy atom. The molecule has 3 rings (SSSR count). The van der Waals surface area contributed by atoms with Crippen LogP contribution in [0.5, 0.6) is 0 Å². The number of carbonyl (C=O) groups excluding carboxylic acids is 1. The van der Waals surface area contributed by atoms with Crippen molar-refractivity contribution in [3.05, 3.63) is 35.4 Å². The topological polar surface area (TPSA) is 53.6 Å². The Hall–Kier alpha value is -0.850. The van der Waals surface area contributed by atoms with E-state index in [2.05, 4.69) is 46.7 Å². The molecule has 7 heteroatoms. The van der Waals surface area contributed by atoms with E-state index >= 15 is 0 Å². The zero-order valence-electron chi connectivity index (χ0n) is 15.4. The monoisotopic (exact) mass is 403 g/mol. The van der Waals surface area contributed by atoms with Gasteiger partial charge in [0.2, 0.25) is 5.91 Å². The maximum atomic E-state index is 12.3. The highest BCUT2D eigenvalue weighted by atomic mass is 35.5. The van der Waals surface area contributed by atoms with Crippen LogP contribution >= 0.6 is 24.8 Å². The number of nitrogens with one attached hydrogen (secondary N) is 2. The molecule has 2 heterocycles. The smallest absolute Gasteiger partial charge is 0.221 e. The minimum atomic E-state index is 0. The third kappa shape index (κ3) is 6.71. The summed E-state index contributed by atoms with van der Waals surface area (Å²) in [5, 5.41) is 6.48. The molecule has 1 aromatic carbocycles. The number of amides is 1. The molecule has 148 valence electrons. The van der Waals surface area contributed by atoms with Gasteiger partial charge in [0.25, 0.3) is 0 Å². The van der Waals surface area contributed by atoms with Gasteiger partial charge in [-0.1, -0.05) is 29.8 Å². The predicted octanol–water partition coefficient (Wildman–Crippen LogP) is 2.47. The Kier molecular flexibility index (Phi) is 10.5. The number of morpholine rings is 1. The number of likely N-dealkylation sites (tertiary alicyclic amines) is 1. The number of hydrogen-bond donors (Lipinski definition) is 2. The summed E-state index contributed by atoms with van der Waals surface area (Å²) in [6, 6.07) is 9.12. The molecule has 0 radical (unpaired) electrons. The number of nitrogens with zero attached hydrogens (tertiary/aromatic N) is 1. The largest absolute Gasteiger partial charge is 0.378 e. The third-order valence-electron chi connectivity index (χ3n) is 4.97. The second kappa shape index (κ2) is 11.8. The zero-order chi connectivity index (χ0) is 16.8. The van der Waals surface area contributed by atoms with Crippen LogP contribution in [0.4, 0.5) is 0 Å². The Morgan fingerprint density at radius 1 is 1.27 bits per heavy atom. The number of halogens is 2. The first-order valence-corrected chi connectivity index (χ1v) is 9.11. The number of carbonyl (C=O) groups is 1. The van der Waals surface area contributed by atoms with E-state index in [-0.39, 0.29) is 42.8 Å². The van der Waals surface area contributed by atoms with E-state index in [1.165, 1.54) is 24.0 Å². The van der Waals surface area contributed by atoms with Gasteiger partial charge in [-0.3, -0.25) is 9.69 Å². The maximum absolute atomic E-state index is 12.3. The second-order valence-corrected chi connectivity index (χ2v) is 6.90. The summed E-state index contributed by atoms with van der Waals surface area (Å²) >= 11 is 0. The molecule has 2 aliphatic heterocycles. The fourth-order valence-corrected chi connectivity index (χ4v) is 3.56. The fourth-order valence-electron chi connectivity index (χ4n) is 3.56. The van der Waals surface area contributed by atoms with Crippen molar-refractivity contribution in [3.63, 3.8) is 0 Å². The van der Waals surface area contributed by atoms with E-state index < -0.39 is 0 Å². The van der Waals surface area contributed by atoms with Gasteiger partial charge < -0.3 is 15.4 Å². The van der Waals surface area contributed by atoms with E-state index in [9.17, 15) is 4.79 Å². The van der Waals surface area contributed by atoms with Crippen molar-refractivity contribution in [1.29, 1.82) is 0 Å². The SMILES string of the molecule is Cc1ccc(C(CNC(=O)CC2COCCN2)N2CCCC2)cc1.Cl.Cl. The summed E-state index contributed by atoms with van der Waals surface area (Å²) in [7, 11) is 0. The Bertz CT molecular complexity index is 530. The number of benzene rings is 1. The molecule has 2 unspecified atom stereocenters. The first-order valence-electron chi connectivity index (χ1n) is 9.11. The van der Waals surface area contributed by atoms with Gasteiger partial charge in [-0.15, -0.1) is 24.8 Å². The van der Waals surface area contributed by atoms with E-state index in [0.29, 0.717) is 19.6 Å². The van der Waals surface area contributed by atoms with Crippen LogP contribution in [0.25, 0.3) is 0 Å². The summed E-state index contributed by atoms with van der Waals surface area (Å²) in [6.45, 7) is 7.21. The van der Waals surface area contributed by atoms with E-state index in [1.54, 1.807) is 0 Å². The zero-order valence-corrected chi connectivity index (χ0v) is 17.0. The minimum absolute atomic E-state index is 0. The Labute approximate surface area is 169 Å². The molecule has 2 saturated heterocycles. The number of ether oxygens (including phenoxy) is 1. The normalized spacial score (nSPS) is 21.3. The minimum Gasteiger partial charge on any atom is -0.378 e. The number of hydrogen-bond acceptors (Lipinski definition) is 4. The lowest BCUT2D eigenvalue weighted by Gasteiger charge is -2.29. The standard InChI is InChI=1S/C19H29N3O2.2ClH/c1-15-4-6-16(7-5-15)18(22-9-2-3-10-22)13-21-19(23)12-17-14-24-11-8-20-17;;/h4-7,17-18,20H,2-3,8-14H2,1H3,(H,21,23);2*1H. The van der Waals surface area contributed by atoms with Crippen molar-refractivity contribution < 1.29 is 9.53 Å². The lowest BCUT2D eigenvalue weighted by Crippen LogP contribution is -2.45. The molecule has 1 amide bonds. The van der Waals surface area contributed by atoms with Crippen molar-refractivity contribution >= 4 is 30.7 Å². The second-order valence-electron chi connectivity index (χ2n) is 6.90. The molecule has 0 spiro atoms. The molecule has 2 fully saturated rings. The van der Waals surface area contributed by atoms with Gasteiger partial charge in [0, 0.05) is 25.6 Å². The van der Waals surface area contributed by atoms with Crippen LogP contribution in [0, 0.1) is 6.92 Å². The maximum Gasteiger partial charge on any atom is 0.221 e. The molecule has 0 aliphatic carbocycles. The average molecular weight is 404 g/mol. The van der Waals surface area contributed by atoms with Crippen molar-refractivity contribution in [2.75, 3.05) is 39.4 Å². The molecule has 2 aliphatic rings. The van der Waals surface area contributed by atoms with Gasteiger partial charge in [-0.05, 0) is 38.4 Å². The van der Waals surface area contributed by atoms with E-state index in [4.69, 9.17) is 4.74 Å². The highest BCUT2D eigenvalue weighted by molar-refractivity contribution is 5.85. The molecule has 2 atom stereocenters. The van der Waals surface area contributed by atoms with Gasteiger partial charge in [0.15, 0.2) is 0 Å². The van der Waals surface area contributed by atoms with Crippen LogP contribution in [0.2, 0.25) is 0 Å². The van der Waals surface area contributed by atoms with Crippen LogP contribution in [-0.2, 0) is 9.53 Å². The average Bonchev–Trinajstić information content (AvgIpc) is 3.12.